The van der Waals surface area contributed by atoms with E-state index in [1.54, 1.807) is 0 Å². The summed E-state index contributed by atoms with van der Waals surface area (Å²) in [5, 5.41) is 4.08. The quantitative estimate of drug-likeness (QED) is 0.872. The molecule has 94 valence electrons. The topological polar surface area (TPSA) is 30.5 Å². The van der Waals surface area contributed by atoms with Crippen LogP contribution < -0.4 is 14.8 Å². The maximum Gasteiger partial charge on any atom is 0.165 e. The minimum atomic E-state index is 0.631. The Bertz CT molecular complexity index is 370. The highest BCUT2D eigenvalue weighted by Crippen LogP contribution is 2.33. The number of fused-ring (bicyclic) bond motifs is 1. The molecule has 17 heavy (non-hydrogen) atoms. The van der Waals surface area contributed by atoms with Crippen LogP contribution >= 0.6 is 11.8 Å². The summed E-state index contributed by atoms with van der Waals surface area (Å²) in [5.74, 6) is 1.77. The Labute approximate surface area is 107 Å². The first-order valence-corrected chi connectivity index (χ1v) is 7.21. The molecule has 0 saturated heterocycles. The summed E-state index contributed by atoms with van der Waals surface area (Å²) in [6.07, 6.45) is 2.13. The lowest BCUT2D eigenvalue weighted by atomic mass is 10.1. The molecule has 1 aliphatic heterocycles. The molecule has 0 aromatic heterocycles. The average Bonchev–Trinajstić information content (AvgIpc) is 2.39. The van der Waals surface area contributed by atoms with Gasteiger partial charge in [0.1, 0.15) is 13.2 Å². The van der Waals surface area contributed by atoms with Gasteiger partial charge in [0.15, 0.2) is 11.5 Å². The van der Waals surface area contributed by atoms with Crippen LogP contribution in [0.5, 0.6) is 11.5 Å². The maximum absolute atomic E-state index is 5.67. The minimum Gasteiger partial charge on any atom is -0.486 e. The summed E-state index contributed by atoms with van der Waals surface area (Å²) >= 11 is 1.87. The second kappa shape index (κ2) is 6.17. The van der Waals surface area contributed by atoms with E-state index >= 15 is 0 Å². The van der Waals surface area contributed by atoms with E-state index in [1.807, 2.05) is 23.9 Å². The van der Waals surface area contributed by atoms with Gasteiger partial charge in [-0.3, -0.25) is 0 Å². The van der Waals surface area contributed by atoms with E-state index < -0.39 is 0 Å². The van der Waals surface area contributed by atoms with Gasteiger partial charge in [-0.25, -0.2) is 0 Å². The number of ether oxygens (including phenoxy) is 2. The van der Waals surface area contributed by atoms with E-state index in [2.05, 4.69) is 24.6 Å². The summed E-state index contributed by atoms with van der Waals surface area (Å²) in [6.45, 7) is 5.35. The molecule has 4 heteroatoms. The number of hydrogen-bond acceptors (Lipinski definition) is 4. The predicted molar refractivity (Wildman–Crippen MR) is 72.1 cm³/mol. The van der Waals surface area contributed by atoms with E-state index in [0.717, 1.165) is 24.6 Å². The fraction of sp³-hybridized carbons (Fsp3) is 0.538. The standard InChI is InChI=1S/C13H19NO2S/c1-10(17-2)8-14-9-11-4-3-5-12-13(11)16-7-6-15-12/h3-5,10,14H,6-9H2,1-2H3. The SMILES string of the molecule is CSC(C)CNCc1cccc2c1OCCO2. The summed E-state index contributed by atoms with van der Waals surface area (Å²) in [5.41, 5.74) is 1.18. The van der Waals surface area contributed by atoms with Gasteiger partial charge in [0.2, 0.25) is 0 Å². The summed E-state index contributed by atoms with van der Waals surface area (Å²) < 4.78 is 11.2. The molecule has 1 aromatic carbocycles. The number of rotatable bonds is 5. The van der Waals surface area contributed by atoms with Crippen molar-refractivity contribution in [1.29, 1.82) is 0 Å². The van der Waals surface area contributed by atoms with E-state index in [0.29, 0.717) is 18.5 Å². The van der Waals surface area contributed by atoms with Crippen molar-refractivity contribution in [1.82, 2.24) is 5.32 Å². The molecular formula is C13H19NO2S. The monoisotopic (exact) mass is 253 g/mol. The minimum absolute atomic E-state index is 0.631. The molecule has 2 rings (SSSR count). The average molecular weight is 253 g/mol. The normalized spacial score (nSPS) is 15.6. The van der Waals surface area contributed by atoms with Crippen molar-refractivity contribution in [2.75, 3.05) is 26.0 Å². The molecule has 0 aliphatic carbocycles. The lowest BCUT2D eigenvalue weighted by Gasteiger charge is -2.21. The van der Waals surface area contributed by atoms with E-state index in [1.165, 1.54) is 5.56 Å². The van der Waals surface area contributed by atoms with Gasteiger partial charge in [0, 0.05) is 23.9 Å². The third-order valence-corrected chi connectivity index (χ3v) is 3.77. The van der Waals surface area contributed by atoms with Gasteiger partial charge in [-0.2, -0.15) is 11.8 Å². The third kappa shape index (κ3) is 3.30. The van der Waals surface area contributed by atoms with Crippen molar-refractivity contribution < 1.29 is 9.47 Å². The Hall–Kier alpha value is -0.870. The molecule has 1 heterocycles. The molecule has 0 spiro atoms. The van der Waals surface area contributed by atoms with Gasteiger partial charge in [0.25, 0.3) is 0 Å². The Balaban J connectivity index is 1.96. The van der Waals surface area contributed by atoms with Crippen molar-refractivity contribution in [3.05, 3.63) is 23.8 Å². The fourth-order valence-electron chi connectivity index (χ4n) is 1.77. The molecule has 1 aliphatic rings. The van der Waals surface area contributed by atoms with Crippen molar-refractivity contribution in [2.45, 2.75) is 18.7 Å². The summed E-state index contributed by atoms with van der Waals surface area (Å²) in [6, 6.07) is 6.06. The van der Waals surface area contributed by atoms with Gasteiger partial charge in [-0.15, -0.1) is 0 Å². The number of thioether (sulfide) groups is 1. The van der Waals surface area contributed by atoms with Gasteiger partial charge in [-0.1, -0.05) is 19.1 Å². The second-order valence-corrected chi connectivity index (χ2v) is 5.39. The van der Waals surface area contributed by atoms with E-state index in [4.69, 9.17) is 9.47 Å². The lowest BCUT2D eigenvalue weighted by Crippen LogP contribution is -2.23. The zero-order valence-electron chi connectivity index (χ0n) is 10.4. The number of para-hydroxylation sites is 1. The first-order valence-electron chi connectivity index (χ1n) is 5.92. The third-order valence-electron chi connectivity index (χ3n) is 2.80. The summed E-state index contributed by atoms with van der Waals surface area (Å²) in [4.78, 5) is 0. The first kappa shape index (κ1) is 12.6. The van der Waals surface area contributed by atoms with Crippen molar-refractivity contribution in [2.24, 2.45) is 0 Å². The van der Waals surface area contributed by atoms with Crippen LogP contribution in [0.15, 0.2) is 18.2 Å². The van der Waals surface area contributed by atoms with E-state index in [9.17, 15) is 0 Å². The van der Waals surface area contributed by atoms with Gasteiger partial charge in [0.05, 0.1) is 0 Å². The molecule has 1 aromatic rings. The highest BCUT2D eigenvalue weighted by Gasteiger charge is 2.15. The Morgan fingerprint density at radius 2 is 2.18 bits per heavy atom. The lowest BCUT2D eigenvalue weighted by molar-refractivity contribution is 0.169. The number of hydrogen-bond donors (Lipinski definition) is 1. The zero-order valence-corrected chi connectivity index (χ0v) is 11.2. The fourth-order valence-corrected chi connectivity index (χ4v) is 2.05. The van der Waals surface area contributed by atoms with Gasteiger partial charge < -0.3 is 14.8 Å². The number of benzene rings is 1. The van der Waals surface area contributed by atoms with Crippen molar-refractivity contribution in [3.8, 4) is 11.5 Å². The predicted octanol–water partition coefficient (Wildman–Crippen LogP) is 2.30. The van der Waals surface area contributed by atoms with Crippen LogP contribution in [0.2, 0.25) is 0 Å². The van der Waals surface area contributed by atoms with Crippen LogP contribution in [0.1, 0.15) is 12.5 Å². The smallest absolute Gasteiger partial charge is 0.165 e. The van der Waals surface area contributed by atoms with Crippen LogP contribution in [0.25, 0.3) is 0 Å². The van der Waals surface area contributed by atoms with Gasteiger partial charge >= 0.3 is 0 Å². The molecule has 0 radical (unpaired) electrons. The highest BCUT2D eigenvalue weighted by molar-refractivity contribution is 7.99. The molecule has 3 nitrogen and oxygen atoms in total. The highest BCUT2D eigenvalue weighted by atomic mass is 32.2. The van der Waals surface area contributed by atoms with Gasteiger partial charge in [-0.05, 0) is 12.3 Å². The van der Waals surface area contributed by atoms with Crippen LogP contribution in [-0.2, 0) is 6.54 Å². The Morgan fingerprint density at radius 1 is 1.35 bits per heavy atom. The largest absolute Gasteiger partial charge is 0.486 e. The van der Waals surface area contributed by atoms with Crippen molar-refractivity contribution >= 4 is 11.8 Å². The van der Waals surface area contributed by atoms with Crippen molar-refractivity contribution in [3.63, 3.8) is 0 Å². The Morgan fingerprint density at radius 3 is 3.00 bits per heavy atom. The molecule has 0 saturated carbocycles. The van der Waals surface area contributed by atoms with Crippen LogP contribution in [-0.4, -0.2) is 31.3 Å². The zero-order chi connectivity index (χ0) is 12.1. The Kier molecular flexibility index (Phi) is 4.57. The second-order valence-electron chi connectivity index (χ2n) is 4.12. The molecule has 1 unspecified atom stereocenters. The van der Waals surface area contributed by atoms with Crippen LogP contribution in [0, 0.1) is 0 Å². The first-order chi connectivity index (χ1) is 8.31. The molecule has 0 amide bonds. The van der Waals surface area contributed by atoms with E-state index in [-0.39, 0.29) is 0 Å². The molecule has 1 atom stereocenters. The van der Waals surface area contributed by atoms with Crippen LogP contribution in [0.3, 0.4) is 0 Å². The summed E-state index contributed by atoms with van der Waals surface area (Å²) in [7, 11) is 0. The molecule has 0 bridgehead atoms. The number of nitrogens with one attached hydrogen (secondary N) is 1. The molecular weight excluding hydrogens is 234 g/mol. The maximum atomic E-state index is 5.67. The molecule has 1 N–H and O–H groups in total. The van der Waals surface area contributed by atoms with Crippen LogP contribution in [0.4, 0.5) is 0 Å². The molecule has 0 fully saturated rings.